The molecule has 2 aliphatic heterocycles. The van der Waals surface area contributed by atoms with Crippen LogP contribution in [0.4, 0.5) is 10.1 Å². The van der Waals surface area contributed by atoms with E-state index >= 15 is 0 Å². The van der Waals surface area contributed by atoms with Crippen molar-refractivity contribution in [1.29, 1.82) is 0 Å². The first-order valence-electron chi connectivity index (χ1n) is 8.42. The molecule has 0 spiro atoms. The van der Waals surface area contributed by atoms with Gasteiger partial charge in [0, 0.05) is 24.5 Å². The number of thiophene rings is 1. The Morgan fingerprint density at radius 3 is 2.88 bits per heavy atom. The smallest absolute Gasteiger partial charge is 0.167 e. The summed E-state index contributed by atoms with van der Waals surface area (Å²) in [5.41, 5.74) is 0.781. The van der Waals surface area contributed by atoms with Crippen molar-refractivity contribution in [3.63, 3.8) is 0 Å². The Bertz CT molecular complexity index is 879. The van der Waals surface area contributed by atoms with E-state index in [1.807, 2.05) is 23.2 Å². The lowest BCUT2D eigenvalue weighted by Crippen LogP contribution is -2.32. The van der Waals surface area contributed by atoms with Crippen molar-refractivity contribution in [3.05, 3.63) is 43.8 Å². The minimum Gasteiger partial charge on any atom is -0.489 e. The van der Waals surface area contributed by atoms with Gasteiger partial charge in [0.1, 0.15) is 13.3 Å². The van der Waals surface area contributed by atoms with Gasteiger partial charge in [0.2, 0.25) is 0 Å². The number of rotatable bonds is 5. The number of benzene rings is 1. The van der Waals surface area contributed by atoms with E-state index in [1.54, 1.807) is 17.4 Å². The Morgan fingerprint density at radius 2 is 2.08 bits per heavy atom. The molecule has 4 rings (SSSR count). The topological polar surface area (TPSA) is 28.1 Å². The highest BCUT2D eigenvalue weighted by Gasteiger charge is 2.14. The number of anilines is 1. The third-order valence-corrected chi connectivity index (χ3v) is 6.05. The van der Waals surface area contributed by atoms with Crippen molar-refractivity contribution in [2.75, 3.05) is 37.8 Å². The van der Waals surface area contributed by atoms with Gasteiger partial charge in [-0.05, 0) is 60.1 Å². The van der Waals surface area contributed by atoms with Gasteiger partial charge in [-0.3, -0.25) is 9.89 Å². The summed E-state index contributed by atoms with van der Waals surface area (Å²) in [7, 11) is 0. The van der Waals surface area contributed by atoms with Gasteiger partial charge >= 0.3 is 0 Å². The lowest BCUT2D eigenvalue weighted by atomic mass is 10.2. The Morgan fingerprint density at radius 1 is 1.24 bits per heavy atom. The van der Waals surface area contributed by atoms with Crippen LogP contribution < -0.4 is 19.5 Å². The first-order valence-corrected chi connectivity index (χ1v) is 10.0. The fourth-order valence-corrected chi connectivity index (χ4v) is 4.68. The number of hydrogen-bond acceptors (Lipinski definition) is 5. The van der Waals surface area contributed by atoms with E-state index in [0.717, 1.165) is 39.0 Å². The molecule has 1 aromatic carbocycles. The molecule has 1 fully saturated rings. The average Bonchev–Trinajstić information content (AvgIpc) is 3.23. The van der Waals surface area contributed by atoms with Crippen molar-refractivity contribution in [2.24, 2.45) is 4.99 Å². The molecule has 132 valence electrons. The number of fused-ring (bicyclic) bond motifs is 1. The van der Waals surface area contributed by atoms with Crippen LogP contribution >= 0.6 is 27.3 Å². The summed E-state index contributed by atoms with van der Waals surface area (Å²) in [6, 6.07) is 7.12. The molecule has 0 N–H and O–H groups in total. The molecule has 0 aliphatic carbocycles. The quantitative estimate of drug-likeness (QED) is 0.739. The molecule has 0 bridgehead atoms. The Kier molecular flexibility index (Phi) is 5.05. The molecule has 0 atom stereocenters. The number of hydrogen-bond donors (Lipinski definition) is 0. The highest BCUT2D eigenvalue weighted by Crippen LogP contribution is 2.25. The molecule has 4 nitrogen and oxygen atoms in total. The highest BCUT2D eigenvalue weighted by atomic mass is 79.9. The molecule has 2 aromatic rings. The van der Waals surface area contributed by atoms with Gasteiger partial charge in [-0.1, -0.05) is 0 Å². The van der Waals surface area contributed by atoms with Crippen LogP contribution in [-0.2, 0) is 0 Å². The zero-order chi connectivity index (χ0) is 17.2. The van der Waals surface area contributed by atoms with Gasteiger partial charge in [0.05, 0.1) is 13.7 Å². The van der Waals surface area contributed by atoms with Crippen molar-refractivity contribution in [3.8, 4) is 5.75 Å². The molecule has 7 heteroatoms. The van der Waals surface area contributed by atoms with Crippen LogP contribution in [0.5, 0.6) is 5.75 Å². The van der Waals surface area contributed by atoms with E-state index in [-0.39, 0.29) is 5.82 Å². The average molecular weight is 424 g/mol. The van der Waals surface area contributed by atoms with Gasteiger partial charge in [-0.15, -0.1) is 11.3 Å². The second kappa shape index (κ2) is 7.43. The SMILES string of the molecule is Fc1cc(N2C=c3sc(Br)cc3=NC2)ccc1OCCN1CCCC1. The summed E-state index contributed by atoms with van der Waals surface area (Å²) in [5.74, 6) is -0.0121. The van der Waals surface area contributed by atoms with E-state index in [4.69, 9.17) is 4.74 Å². The van der Waals surface area contributed by atoms with Crippen LogP contribution in [0, 0.1) is 5.82 Å². The summed E-state index contributed by atoms with van der Waals surface area (Å²) in [6.45, 7) is 4.12. The van der Waals surface area contributed by atoms with Gasteiger partial charge in [-0.2, -0.15) is 0 Å². The lowest BCUT2D eigenvalue weighted by molar-refractivity contribution is 0.231. The van der Waals surface area contributed by atoms with Gasteiger partial charge < -0.3 is 9.64 Å². The van der Waals surface area contributed by atoms with Gasteiger partial charge in [-0.25, -0.2) is 4.39 Å². The van der Waals surface area contributed by atoms with E-state index < -0.39 is 0 Å². The number of halogens is 2. The lowest BCUT2D eigenvalue weighted by Gasteiger charge is -2.20. The Labute approximate surface area is 158 Å². The van der Waals surface area contributed by atoms with Gasteiger partial charge in [0.15, 0.2) is 11.6 Å². The highest BCUT2D eigenvalue weighted by molar-refractivity contribution is 9.11. The maximum atomic E-state index is 14.4. The van der Waals surface area contributed by atoms with Crippen LogP contribution in [0.2, 0.25) is 0 Å². The fourth-order valence-electron chi connectivity index (χ4n) is 3.15. The predicted molar refractivity (Wildman–Crippen MR) is 102 cm³/mol. The summed E-state index contributed by atoms with van der Waals surface area (Å²) in [5, 5.41) is 0.982. The molecule has 1 saturated heterocycles. The first-order chi connectivity index (χ1) is 12.2. The zero-order valence-corrected chi connectivity index (χ0v) is 16.2. The molecule has 2 aliphatic rings. The maximum absolute atomic E-state index is 14.4. The number of nitrogens with zero attached hydrogens (tertiary/aromatic N) is 3. The number of ether oxygens (including phenoxy) is 1. The van der Waals surface area contributed by atoms with Crippen molar-refractivity contribution >= 4 is 39.2 Å². The van der Waals surface area contributed by atoms with Crippen molar-refractivity contribution in [1.82, 2.24) is 4.90 Å². The second-order valence-electron chi connectivity index (χ2n) is 6.21. The predicted octanol–water partition coefficient (Wildman–Crippen LogP) is 2.96. The molecule has 0 radical (unpaired) electrons. The van der Waals surface area contributed by atoms with Crippen molar-refractivity contribution in [2.45, 2.75) is 12.8 Å². The molecule has 1 aromatic heterocycles. The van der Waals surface area contributed by atoms with Crippen LogP contribution in [0.3, 0.4) is 0 Å². The largest absolute Gasteiger partial charge is 0.489 e. The molecule has 0 saturated carbocycles. The van der Waals surface area contributed by atoms with Crippen LogP contribution in [0.1, 0.15) is 12.8 Å². The normalized spacial score (nSPS) is 17.1. The van der Waals surface area contributed by atoms with E-state index in [0.29, 0.717) is 19.0 Å². The van der Waals surface area contributed by atoms with E-state index in [9.17, 15) is 4.39 Å². The molecule has 0 unspecified atom stereocenters. The zero-order valence-electron chi connectivity index (χ0n) is 13.8. The summed E-state index contributed by atoms with van der Waals surface area (Å²) < 4.78 is 22.1. The van der Waals surface area contributed by atoms with Crippen LogP contribution in [0.25, 0.3) is 6.20 Å². The summed E-state index contributed by atoms with van der Waals surface area (Å²) >= 11 is 5.10. The standard InChI is InChI=1S/C18H19BrFN3OS/c19-18-10-15-17(25-18)11-23(12-21-15)13-3-4-16(14(20)9-13)24-8-7-22-5-1-2-6-22/h3-4,9-11H,1-2,5-8,12H2. The molecule has 25 heavy (non-hydrogen) atoms. The van der Waals surface area contributed by atoms with Crippen molar-refractivity contribution < 1.29 is 9.13 Å². The Hall–Kier alpha value is -1.44. The van der Waals surface area contributed by atoms with E-state index in [2.05, 4.69) is 25.8 Å². The minimum atomic E-state index is -0.328. The molecule has 3 heterocycles. The van der Waals surface area contributed by atoms with Gasteiger partial charge in [0.25, 0.3) is 0 Å². The molecular formula is C18H19BrFN3OS. The third kappa shape index (κ3) is 3.88. The fraction of sp³-hybridized carbons (Fsp3) is 0.389. The first kappa shape index (κ1) is 17.0. The summed E-state index contributed by atoms with van der Waals surface area (Å²) in [6.07, 6.45) is 4.52. The van der Waals surface area contributed by atoms with Crippen LogP contribution in [0.15, 0.2) is 33.0 Å². The van der Waals surface area contributed by atoms with E-state index in [1.165, 1.54) is 18.9 Å². The molecule has 0 amide bonds. The monoisotopic (exact) mass is 423 g/mol. The maximum Gasteiger partial charge on any atom is 0.167 e. The number of likely N-dealkylation sites (tertiary alicyclic amines) is 1. The summed E-state index contributed by atoms with van der Waals surface area (Å²) in [4.78, 5) is 8.83. The minimum absolute atomic E-state index is 0.316. The van der Waals surface area contributed by atoms with Crippen LogP contribution in [-0.4, -0.2) is 37.8 Å². The second-order valence-corrected chi connectivity index (χ2v) is 8.67. The Balaban J connectivity index is 1.43. The third-order valence-electron chi connectivity index (χ3n) is 4.49. The molecular weight excluding hydrogens is 405 g/mol.